The van der Waals surface area contributed by atoms with Crippen molar-refractivity contribution in [1.29, 1.82) is 5.26 Å². The van der Waals surface area contributed by atoms with Crippen molar-refractivity contribution in [2.45, 2.75) is 20.3 Å². The number of carbonyl (C=O) groups is 1. The standard InChI is InChI=1S/C18H25N5OS/c1-14(2)12-17(24)23-10-8-22(9-11-23)16-6-4-15(5-7-16)21-18(25-3)20-13-19/h4-7,14H,8-12H2,1-3H3,(H,20,21). The molecule has 1 saturated heterocycles. The Morgan fingerprint density at radius 2 is 1.92 bits per heavy atom. The lowest BCUT2D eigenvalue weighted by atomic mass is 10.1. The number of rotatable bonds is 4. The van der Waals surface area contributed by atoms with Crippen LogP contribution in [0.5, 0.6) is 0 Å². The maximum atomic E-state index is 12.1. The first kappa shape index (κ1) is 19.1. The van der Waals surface area contributed by atoms with E-state index in [2.05, 4.69) is 29.1 Å². The van der Waals surface area contributed by atoms with E-state index in [1.807, 2.05) is 41.6 Å². The summed E-state index contributed by atoms with van der Waals surface area (Å²) < 4.78 is 0. The van der Waals surface area contributed by atoms with Crippen molar-refractivity contribution in [3.05, 3.63) is 24.3 Å². The molecule has 7 heteroatoms. The number of aliphatic imine (C=N–C) groups is 1. The van der Waals surface area contributed by atoms with Gasteiger partial charge in [0.25, 0.3) is 0 Å². The van der Waals surface area contributed by atoms with Gasteiger partial charge >= 0.3 is 0 Å². The molecule has 1 aliphatic heterocycles. The van der Waals surface area contributed by atoms with E-state index in [1.165, 1.54) is 11.8 Å². The van der Waals surface area contributed by atoms with Crippen molar-refractivity contribution in [3.63, 3.8) is 0 Å². The van der Waals surface area contributed by atoms with Gasteiger partial charge in [0.1, 0.15) is 0 Å². The van der Waals surface area contributed by atoms with E-state index in [-0.39, 0.29) is 5.91 Å². The summed E-state index contributed by atoms with van der Waals surface area (Å²) in [6, 6.07) is 7.96. The van der Waals surface area contributed by atoms with E-state index in [9.17, 15) is 4.79 Å². The maximum absolute atomic E-state index is 12.1. The topological polar surface area (TPSA) is 71.7 Å². The highest BCUT2D eigenvalue weighted by Crippen LogP contribution is 2.22. The van der Waals surface area contributed by atoms with Crippen molar-refractivity contribution < 1.29 is 4.79 Å². The third-order valence-corrected chi connectivity index (χ3v) is 4.60. The van der Waals surface area contributed by atoms with Gasteiger partial charge in [-0.15, -0.1) is 0 Å². The zero-order valence-electron chi connectivity index (χ0n) is 15.0. The number of thioether (sulfide) groups is 1. The average molecular weight is 359 g/mol. The molecule has 2 rings (SSSR count). The second-order valence-corrected chi connectivity index (χ2v) is 7.14. The third kappa shape index (κ3) is 5.68. The number of amidine groups is 1. The van der Waals surface area contributed by atoms with Crippen LogP contribution >= 0.6 is 11.8 Å². The fourth-order valence-corrected chi connectivity index (χ4v) is 3.06. The Morgan fingerprint density at radius 1 is 1.28 bits per heavy atom. The molecule has 1 aliphatic rings. The minimum Gasteiger partial charge on any atom is -0.368 e. The van der Waals surface area contributed by atoms with Crippen molar-refractivity contribution in [2.75, 3.05) is 37.3 Å². The van der Waals surface area contributed by atoms with Crippen molar-refractivity contribution in [2.24, 2.45) is 10.9 Å². The number of nitrogens with one attached hydrogen (secondary N) is 1. The molecule has 0 atom stereocenters. The zero-order valence-corrected chi connectivity index (χ0v) is 15.8. The summed E-state index contributed by atoms with van der Waals surface area (Å²) in [6.45, 7) is 7.39. The van der Waals surface area contributed by atoms with Gasteiger partial charge in [-0.3, -0.25) is 10.1 Å². The molecule has 1 fully saturated rings. The number of amides is 1. The van der Waals surface area contributed by atoms with E-state index in [4.69, 9.17) is 5.26 Å². The molecule has 1 N–H and O–H groups in total. The number of nitriles is 1. The van der Waals surface area contributed by atoms with Crippen molar-refractivity contribution >= 4 is 34.2 Å². The van der Waals surface area contributed by atoms with E-state index in [1.54, 1.807) is 0 Å². The molecule has 0 aliphatic carbocycles. The van der Waals surface area contributed by atoms with Crippen LogP contribution in [0.3, 0.4) is 0 Å². The highest BCUT2D eigenvalue weighted by atomic mass is 32.2. The van der Waals surface area contributed by atoms with Crippen molar-refractivity contribution in [1.82, 2.24) is 10.2 Å². The molecule has 0 spiro atoms. The summed E-state index contributed by atoms with van der Waals surface area (Å²) >= 11 is 1.40. The predicted molar refractivity (Wildman–Crippen MR) is 104 cm³/mol. The normalized spacial score (nSPS) is 15.2. The minimum absolute atomic E-state index is 0.258. The van der Waals surface area contributed by atoms with Gasteiger partial charge in [0, 0.05) is 38.3 Å². The lowest BCUT2D eigenvalue weighted by Crippen LogP contribution is -2.49. The Kier molecular flexibility index (Phi) is 7.14. The zero-order chi connectivity index (χ0) is 18.2. The fourth-order valence-electron chi connectivity index (χ4n) is 2.72. The van der Waals surface area contributed by atoms with Crippen LogP contribution in [0.1, 0.15) is 20.3 Å². The smallest absolute Gasteiger partial charge is 0.222 e. The first-order valence-corrected chi connectivity index (χ1v) is 9.66. The van der Waals surface area contributed by atoms with Crippen LogP contribution < -0.4 is 10.2 Å². The molecule has 0 radical (unpaired) electrons. The minimum atomic E-state index is 0.258. The Labute approximate surface area is 153 Å². The number of piperazine rings is 1. The molecule has 1 amide bonds. The molecule has 0 aromatic heterocycles. The number of hydrogen-bond donors (Lipinski definition) is 1. The SMILES string of the molecule is CSC(=Nc1ccc(N2CCN(C(=O)CC(C)C)CC2)cc1)NC#N. The number of benzene rings is 1. The summed E-state index contributed by atoms with van der Waals surface area (Å²) in [5, 5.41) is 11.8. The first-order valence-electron chi connectivity index (χ1n) is 8.44. The van der Waals surface area contributed by atoms with E-state index in [0.717, 1.165) is 37.6 Å². The molecule has 1 aromatic carbocycles. The number of hydrogen-bond acceptors (Lipinski definition) is 5. The molecule has 134 valence electrons. The average Bonchev–Trinajstić information content (AvgIpc) is 2.61. The van der Waals surface area contributed by atoms with Crippen LogP contribution in [0.25, 0.3) is 0 Å². The van der Waals surface area contributed by atoms with Gasteiger partial charge < -0.3 is 9.80 Å². The van der Waals surface area contributed by atoms with Gasteiger partial charge in [-0.25, -0.2) is 4.99 Å². The highest BCUT2D eigenvalue weighted by Gasteiger charge is 2.21. The lowest BCUT2D eigenvalue weighted by molar-refractivity contribution is -0.132. The third-order valence-electron chi connectivity index (χ3n) is 4.02. The summed E-state index contributed by atoms with van der Waals surface area (Å²) in [7, 11) is 0. The molecule has 25 heavy (non-hydrogen) atoms. The van der Waals surface area contributed by atoms with Gasteiger partial charge in [0.05, 0.1) is 5.69 Å². The van der Waals surface area contributed by atoms with E-state index >= 15 is 0 Å². The number of carbonyl (C=O) groups excluding carboxylic acids is 1. The van der Waals surface area contributed by atoms with Gasteiger partial charge in [-0.1, -0.05) is 25.6 Å². The molecule has 1 aromatic rings. The van der Waals surface area contributed by atoms with Crippen LogP contribution in [0.2, 0.25) is 0 Å². The maximum Gasteiger partial charge on any atom is 0.222 e. The molecule has 1 heterocycles. The van der Waals surface area contributed by atoms with Crippen LogP contribution in [-0.4, -0.2) is 48.4 Å². The largest absolute Gasteiger partial charge is 0.368 e. The molecular formula is C18H25N5OS. The van der Waals surface area contributed by atoms with Crippen LogP contribution in [-0.2, 0) is 4.79 Å². The number of anilines is 1. The molecule has 0 unspecified atom stereocenters. The van der Waals surface area contributed by atoms with Gasteiger partial charge in [-0.05, 0) is 36.4 Å². The molecular weight excluding hydrogens is 334 g/mol. The van der Waals surface area contributed by atoms with E-state index in [0.29, 0.717) is 17.5 Å². The first-order chi connectivity index (χ1) is 12.0. The molecule has 6 nitrogen and oxygen atoms in total. The van der Waals surface area contributed by atoms with Crippen molar-refractivity contribution in [3.8, 4) is 6.19 Å². The summed E-state index contributed by atoms with van der Waals surface area (Å²) in [4.78, 5) is 20.8. The molecule has 0 saturated carbocycles. The van der Waals surface area contributed by atoms with Gasteiger partial charge in [0.2, 0.25) is 5.91 Å². The predicted octanol–water partition coefficient (Wildman–Crippen LogP) is 2.80. The monoisotopic (exact) mass is 359 g/mol. The quantitative estimate of drug-likeness (QED) is 0.387. The lowest BCUT2D eigenvalue weighted by Gasteiger charge is -2.36. The number of nitrogens with zero attached hydrogens (tertiary/aromatic N) is 4. The Hall–Kier alpha value is -2.20. The Balaban J connectivity index is 1.94. The van der Waals surface area contributed by atoms with Gasteiger partial charge in [0.15, 0.2) is 11.4 Å². The van der Waals surface area contributed by atoms with Gasteiger partial charge in [-0.2, -0.15) is 5.26 Å². The second-order valence-electron chi connectivity index (χ2n) is 6.34. The summed E-state index contributed by atoms with van der Waals surface area (Å²) in [6.07, 6.45) is 4.38. The second kappa shape index (κ2) is 9.33. The van der Waals surface area contributed by atoms with Crippen LogP contribution in [0.4, 0.5) is 11.4 Å². The Bertz CT molecular complexity index is 642. The summed E-state index contributed by atoms with van der Waals surface area (Å²) in [5.74, 6) is 0.661. The molecule has 0 bridgehead atoms. The highest BCUT2D eigenvalue weighted by molar-refractivity contribution is 8.13. The van der Waals surface area contributed by atoms with Crippen LogP contribution in [0, 0.1) is 17.4 Å². The fraction of sp³-hybridized carbons (Fsp3) is 0.500. The summed E-state index contributed by atoms with van der Waals surface area (Å²) in [5.41, 5.74) is 1.94. The van der Waals surface area contributed by atoms with E-state index < -0.39 is 0 Å². The Morgan fingerprint density at radius 3 is 2.44 bits per heavy atom. The van der Waals surface area contributed by atoms with Crippen LogP contribution in [0.15, 0.2) is 29.3 Å².